The summed E-state index contributed by atoms with van der Waals surface area (Å²) in [5.74, 6) is 1.19. The Morgan fingerprint density at radius 2 is 1.76 bits per heavy atom. The van der Waals surface area contributed by atoms with Crippen LogP contribution < -0.4 is 29.1 Å². The monoisotopic (exact) mass is 634 g/mol. The lowest BCUT2D eigenvalue weighted by molar-refractivity contribution is -0.138. The number of aromatic nitrogens is 1. The molecule has 0 saturated heterocycles. The van der Waals surface area contributed by atoms with Crippen LogP contribution in [0.5, 0.6) is 17.2 Å². The van der Waals surface area contributed by atoms with E-state index in [1.165, 1.54) is 11.3 Å². The Labute approximate surface area is 248 Å². The SMILES string of the molecule is CCOC(=O)C1=C(c2ccccc2)N=c2s/c(=C\c3cc(Br)c(OC)cc3OC)c(=O)n2[C@@H]1c1cccc(OC)c1. The zero-order valence-corrected chi connectivity index (χ0v) is 25.2. The van der Waals surface area contributed by atoms with Gasteiger partial charge in [0.25, 0.3) is 5.56 Å². The maximum atomic E-state index is 14.1. The van der Waals surface area contributed by atoms with Crippen molar-refractivity contribution in [3.63, 3.8) is 0 Å². The molecule has 0 fully saturated rings. The third-order valence-electron chi connectivity index (χ3n) is 6.57. The van der Waals surface area contributed by atoms with Crippen molar-refractivity contribution in [2.24, 2.45) is 4.99 Å². The lowest BCUT2D eigenvalue weighted by Crippen LogP contribution is -2.40. The van der Waals surface area contributed by atoms with Gasteiger partial charge < -0.3 is 18.9 Å². The molecule has 1 aromatic heterocycles. The molecular formula is C31H27BrN2O6S. The number of benzene rings is 3. The van der Waals surface area contributed by atoms with Crippen LogP contribution in [0.3, 0.4) is 0 Å². The summed E-state index contributed by atoms with van der Waals surface area (Å²) in [6.45, 7) is 1.92. The fourth-order valence-corrected chi connectivity index (χ4v) is 6.22. The fourth-order valence-electron chi connectivity index (χ4n) is 4.70. The molecule has 0 radical (unpaired) electrons. The summed E-state index contributed by atoms with van der Waals surface area (Å²) >= 11 is 4.75. The number of hydrogen-bond donors (Lipinski definition) is 0. The number of carbonyl (C=O) groups is 1. The molecule has 0 aliphatic carbocycles. The molecule has 0 spiro atoms. The molecule has 4 aromatic rings. The predicted octanol–water partition coefficient (Wildman–Crippen LogP) is 4.72. The molecule has 10 heteroatoms. The van der Waals surface area contributed by atoms with Crippen molar-refractivity contribution in [3.8, 4) is 17.2 Å². The highest BCUT2D eigenvalue weighted by molar-refractivity contribution is 9.10. The highest BCUT2D eigenvalue weighted by Gasteiger charge is 2.35. The first kappa shape index (κ1) is 28.4. The van der Waals surface area contributed by atoms with Gasteiger partial charge in [0, 0.05) is 17.2 Å². The molecule has 0 amide bonds. The molecule has 8 nitrogen and oxygen atoms in total. The maximum absolute atomic E-state index is 14.1. The van der Waals surface area contributed by atoms with Crippen LogP contribution in [0.4, 0.5) is 0 Å². The van der Waals surface area contributed by atoms with E-state index in [2.05, 4.69) is 15.9 Å². The first-order chi connectivity index (χ1) is 19.9. The summed E-state index contributed by atoms with van der Waals surface area (Å²) in [6.07, 6.45) is 1.76. The molecule has 0 bridgehead atoms. The summed E-state index contributed by atoms with van der Waals surface area (Å²) in [7, 11) is 4.70. The third kappa shape index (κ3) is 5.45. The number of hydrogen-bond acceptors (Lipinski definition) is 8. The van der Waals surface area contributed by atoms with Crippen molar-refractivity contribution < 1.29 is 23.7 Å². The largest absolute Gasteiger partial charge is 0.497 e. The van der Waals surface area contributed by atoms with Crippen LogP contribution in [-0.2, 0) is 9.53 Å². The van der Waals surface area contributed by atoms with Crippen molar-refractivity contribution in [1.29, 1.82) is 0 Å². The van der Waals surface area contributed by atoms with Crippen molar-refractivity contribution in [2.45, 2.75) is 13.0 Å². The molecule has 0 unspecified atom stereocenters. The Balaban J connectivity index is 1.83. The van der Waals surface area contributed by atoms with E-state index in [1.54, 1.807) is 45.0 Å². The minimum atomic E-state index is -0.803. The molecule has 1 aliphatic heterocycles. The van der Waals surface area contributed by atoms with E-state index < -0.39 is 12.0 Å². The maximum Gasteiger partial charge on any atom is 0.338 e. The highest BCUT2D eigenvalue weighted by atomic mass is 79.9. The summed E-state index contributed by atoms with van der Waals surface area (Å²) in [4.78, 5) is 33.1. The van der Waals surface area contributed by atoms with Gasteiger partial charge in [-0.3, -0.25) is 9.36 Å². The van der Waals surface area contributed by atoms with E-state index >= 15 is 0 Å². The van der Waals surface area contributed by atoms with Crippen LogP contribution in [-0.4, -0.2) is 38.5 Å². The number of thiazole rings is 1. The van der Waals surface area contributed by atoms with Gasteiger partial charge in [-0.1, -0.05) is 53.8 Å². The lowest BCUT2D eigenvalue weighted by atomic mass is 9.93. The number of halogens is 1. The second-order valence-corrected chi connectivity index (χ2v) is 10.8. The van der Waals surface area contributed by atoms with E-state index in [1.807, 2.05) is 60.7 Å². The standard InChI is InChI=1S/C31H27BrN2O6S/c1-5-40-30(36)26-27(18-10-7-6-8-11-18)33-31-34(28(26)19-12-9-13-21(14-19)37-2)29(35)25(41-31)16-20-15-22(32)24(39-4)17-23(20)38-3/h6-17,28H,5H2,1-4H3/b25-16-/t28-/m1/s1. The highest BCUT2D eigenvalue weighted by Crippen LogP contribution is 2.36. The molecular weight excluding hydrogens is 608 g/mol. The smallest absolute Gasteiger partial charge is 0.338 e. The van der Waals surface area contributed by atoms with Crippen molar-refractivity contribution in [2.75, 3.05) is 27.9 Å². The Kier molecular flexibility index (Phi) is 8.41. The van der Waals surface area contributed by atoms with E-state index in [4.69, 9.17) is 23.9 Å². The minimum Gasteiger partial charge on any atom is -0.497 e. The normalized spacial score (nSPS) is 14.8. The number of methoxy groups -OCH3 is 3. The number of fused-ring (bicyclic) bond motifs is 1. The van der Waals surface area contributed by atoms with Gasteiger partial charge in [0.1, 0.15) is 17.2 Å². The van der Waals surface area contributed by atoms with Gasteiger partial charge in [-0.2, -0.15) is 0 Å². The minimum absolute atomic E-state index is 0.172. The Bertz CT molecular complexity index is 1830. The predicted molar refractivity (Wildman–Crippen MR) is 161 cm³/mol. The van der Waals surface area contributed by atoms with Crippen molar-refractivity contribution in [3.05, 3.63) is 113 Å². The lowest BCUT2D eigenvalue weighted by Gasteiger charge is -2.26. The summed E-state index contributed by atoms with van der Waals surface area (Å²) in [5.41, 5.74) is 2.53. The molecule has 5 rings (SSSR count). The zero-order valence-electron chi connectivity index (χ0n) is 22.8. The first-order valence-electron chi connectivity index (χ1n) is 12.7. The second-order valence-electron chi connectivity index (χ2n) is 8.94. The summed E-state index contributed by atoms with van der Waals surface area (Å²) in [5, 5.41) is 0. The van der Waals surface area contributed by atoms with Gasteiger partial charge in [-0.05, 0) is 52.7 Å². The zero-order chi connectivity index (χ0) is 29.1. The summed E-state index contributed by atoms with van der Waals surface area (Å²) < 4.78 is 24.7. The van der Waals surface area contributed by atoms with Gasteiger partial charge in [0.2, 0.25) is 0 Å². The molecule has 0 N–H and O–H groups in total. The molecule has 3 aromatic carbocycles. The Hall–Kier alpha value is -4.15. The topological polar surface area (TPSA) is 88.4 Å². The van der Waals surface area contributed by atoms with Crippen molar-refractivity contribution in [1.82, 2.24) is 4.57 Å². The van der Waals surface area contributed by atoms with Gasteiger partial charge in [0.05, 0.1) is 54.3 Å². The summed E-state index contributed by atoms with van der Waals surface area (Å²) in [6, 6.07) is 19.5. The van der Waals surface area contributed by atoms with E-state index in [-0.39, 0.29) is 17.7 Å². The number of carbonyl (C=O) groups excluding carboxylic acids is 1. The first-order valence-corrected chi connectivity index (χ1v) is 14.3. The number of rotatable bonds is 8. The molecule has 2 heterocycles. The Morgan fingerprint density at radius 1 is 1.00 bits per heavy atom. The van der Waals surface area contributed by atoms with Crippen LogP contribution in [0.1, 0.15) is 29.7 Å². The van der Waals surface area contributed by atoms with E-state index in [0.29, 0.717) is 47.9 Å². The van der Waals surface area contributed by atoms with Gasteiger partial charge >= 0.3 is 5.97 Å². The molecule has 1 atom stereocenters. The van der Waals surface area contributed by atoms with E-state index in [9.17, 15) is 9.59 Å². The molecule has 41 heavy (non-hydrogen) atoms. The molecule has 0 saturated carbocycles. The average molecular weight is 636 g/mol. The quantitative estimate of drug-likeness (QED) is 0.261. The van der Waals surface area contributed by atoms with Gasteiger partial charge in [-0.25, -0.2) is 9.79 Å². The Morgan fingerprint density at radius 3 is 2.44 bits per heavy atom. The fraction of sp³-hybridized carbons (Fsp3) is 0.194. The van der Waals surface area contributed by atoms with Crippen molar-refractivity contribution >= 4 is 45.0 Å². The molecule has 1 aliphatic rings. The molecule has 210 valence electrons. The number of ether oxygens (including phenoxy) is 4. The number of nitrogens with zero attached hydrogens (tertiary/aromatic N) is 2. The van der Waals surface area contributed by atoms with Gasteiger partial charge in [-0.15, -0.1) is 0 Å². The van der Waals surface area contributed by atoms with Crippen LogP contribution in [0.25, 0.3) is 11.8 Å². The van der Waals surface area contributed by atoms with Crippen LogP contribution in [0.2, 0.25) is 0 Å². The third-order valence-corrected chi connectivity index (χ3v) is 8.18. The van der Waals surface area contributed by atoms with E-state index in [0.717, 1.165) is 5.56 Å². The second kappa shape index (κ2) is 12.2. The van der Waals surface area contributed by atoms with Gasteiger partial charge in [0.15, 0.2) is 4.80 Å². The van der Waals surface area contributed by atoms with Crippen LogP contribution in [0.15, 0.2) is 86.6 Å². The van der Waals surface area contributed by atoms with Crippen LogP contribution >= 0.6 is 27.3 Å². The number of esters is 1. The average Bonchev–Trinajstić information content (AvgIpc) is 3.31. The van der Waals surface area contributed by atoms with Crippen LogP contribution in [0, 0.1) is 0 Å².